The molecule has 1 fully saturated rings. The van der Waals surface area contributed by atoms with Crippen molar-refractivity contribution in [1.82, 2.24) is 9.88 Å². The molecule has 0 radical (unpaired) electrons. The molecule has 1 aliphatic heterocycles. The third-order valence-electron chi connectivity index (χ3n) is 4.04. The molecule has 0 atom stereocenters. The van der Waals surface area contributed by atoms with Gasteiger partial charge in [-0.2, -0.15) is 5.26 Å². The maximum atomic E-state index is 9.34. The van der Waals surface area contributed by atoms with Crippen molar-refractivity contribution in [3.8, 4) is 11.8 Å². The van der Waals surface area contributed by atoms with Crippen LogP contribution in [-0.2, 0) is 0 Å². The van der Waals surface area contributed by atoms with E-state index in [1.54, 1.807) is 0 Å². The van der Waals surface area contributed by atoms with Crippen molar-refractivity contribution in [3.05, 3.63) is 45.9 Å². The van der Waals surface area contributed by atoms with Gasteiger partial charge >= 0.3 is 0 Å². The fourth-order valence-corrected chi connectivity index (χ4v) is 3.51. The van der Waals surface area contributed by atoms with Crippen molar-refractivity contribution >= 4 is 23.0 Å². The van der Waals surface area contributed by atoms with Crippen molar-refractivity contribution in [1.29, 1.82) is 5.26 Å². The van der Waals surface area contributed by atoms with Crippen LogP contribution in [0.1, 0.15) is 29.1 Å². The number of ether oxygens (including phenoxy) is 1. The molecule has 2 aromatic rings. The van der Waals surface area contributed by atoms with Crippen molar-refractivity contribution in [2.45, 2.75) is 19.8 Å². The molecule has 1 aromatic heterocycles. The number of hydrogen-bond donors (Lipinski definition) is 0. The molecule has 0 bridgehead atoms. The molecule has 1 aromatic carbocycles. The Kier molecular flexibility index (Phi) is 5.63. The predicted octanol–water partition coefficient (Wildman–Crippen LogP) is 3.99. The fraction of sp³-hybridized carbons (Fsp3) is 0.368. The topological polar surface area (TPSA) is 49.1 Å². The molecule has 24 heavy (non-hydrogen) atoms. The average molecular weight is 339 g/mol. The Balaban J connectivity index is 1.59. The van der Waals surface area contributed by atoms with Crippen LogP contribution in [0.5, 0.6) is 5.75 Å². The first-order chi connectivity index (χ1) is 11.7. The Morgan fingerprint density at radius 2 is 2.08 bits per heavy atom. The number of aryl methyl sites for hydroxylation is 1. The number of aromatic nitrogens is 1. The smallest absolute Gasteiger partial charge is 0.134 e. The molecule has 1 aliphatic rings. The zero-order valence-corrected chi connectivity index (χ0v) is 14.7. The average Bonchev–Trinajstić information content (AvgIpc) is 3.26. The largest absolute Gasteiger partial charge is 0.492 e. The molecular weight excluding hydrogens is 318 g/mol. The molecule has 4 nitrogen and oxygen atoms in total. The molecule has 1 saturated heterocycles. The van der Waals surface area contributed by atoms with Crippen molar-refractivity contribution in [2.75, 3.05) is 26.2 Å². The summed E-state index contributed by atoms with van der Waals surface area (Å²) >= 11 is 1.50. The maximum Gasteiger partial charge on any atom is 0.134 e. The van der Waals surface area contributed by atoms with E-state index in [9.17, 15) is 5.26 Å². The molecule has 0 unspecified atom stereocenters. The SMILES string of the molecule is Cc1csc(C(C#N)=Cc2ccc(OCCN3CCCC3)cc2)n1. The van der Waals surface area contributed by atoms with E-state index >= 15 is 0 Å². The first-order valence-corrected chi connectivity index (χ1v) is 9.12. The molecule has 0 aliphatic carbocycles. The van der Waals surface area contributed by atoms with E-state index in [1.807, 2.05) is 42.6 Å². The molecule has 124 valence electrons. The first kappa shape index (κ1) is 16.7. The summed E-state index contributed by atoms with van der Waals surface area (Å²) in [4.78, 5) is 6.81. The highest BCUT2D eigenvalue weighted by Crippen LogP contribution is 2.22. The van der Waals surface area contributed by atoms with Gasteiger partial charge in [-0.05, 0) is 56.6 Å². The number of thiazole rings is 1. The standard InChI is InChI=1S/C19H21N3OS/c1-15-14-24-19(21-15)17(13-20)12-16-4-6-18(7-5-16)23-11-10-22-8-2-3-9-22/h4-7,12,14H,2-3,8-11H2,1H3. The van der Waals surface area contributed by atoms with Gasteiger partial charge in [0.1, 0.15) is 23.4 Å². The fourth-order valence-electron chi connectivity index (χ4n) is 2.75. The van der Waals surface area contributed by atoms with Crippen LogP contribution < -0.4 is 4.74 Å². The van der Waals surface area contributed by atoms with Crippen LogP contribution in [0.15, 0.2) is 29.6 Å². The van der Waals surface area contributed by atoms with Gasteiger partial charge in [0.25, 0.3) is 0 Å². The summed E-state index contributed by atoms with van der Waals surface area (Å²) in [6, 6.07) is 10.1. The Bertz CT molecular complexity index is 737. The van der Waals surface area contributed by atoms with E-state index in [1.165, 1.54) is 37.3 Å². The van der Waals surface area contributed by atoms with E-state index in [4.69, 9.17) is 4.74 Å². The van der Waals surface area contributed by atoms with Gasteiger partial charge in [0.2, 0.25) is 0 Å². The molecule has 0 spiro atoms. The third-order valence-corrected chi connectivity index (χ3v) is 5.03. The lowest BCUT2D eigenvalue weighted by atomic mass is 10.1. The van der Waals surface area contributed by atoms with Gasteiger partial charge in [0.15, 0.2) is 0 Å². The van der Waals surface area contributed by atoms with Crippen molar-refractivity contribution in [3.63, 3.8) is 0 Å². The highest BCUT2D eigenvalue weighted by molar-refractivity contribution is 7.11. The van der Waals surface area contributed by atoms with Crippen LogP contribution >= 0.6 is 11.3 Å². The number of nitrogens with zero attached hydrogens (tertiary/aromatic N) is 3. The second-order valence-electron chi connectivity index (χ2n) is 5.93. The van der Waals surface area contributed by atoms with Crippen LogP contribution in [0.25, 0.3) is 11.6 Å². The zero-order valence-electron chi connectivity index (χ0n) is 13.9. The Labute approximate surface area is 147 Å². The number of benzene rings is 1. The number of allylic oxidation sites excluding steroid dienone is 1. The normalized spacial score (nSPS) is 15.4. The Morgan fingerprint density at radius 3 is 2.71 bits per heavy atom. The molecule has 0 amide bonds. The van der Waals surface area contributed by atoms with E-state index in [0.717, 1.165) is 35.2 Å². The van der Waals surface area contributed by atoms with Crippen molar-refractivity contribution in [2.24, 2.45) is 0 Å². The monoisotopic (exact) mass is 339 g/mol. The van der Waals surface area contributed by atoms with Crippen LogP contribution in [0, 0.1) is 18.3 Å². The number of nitriles is 1. The summed E-state index contributed by atoms with van der Waals surface area (Å²) < 4.78 is 5.80. The highest BCUT2D eigenvalue weighted by atomic mass is 32.1. The maximum absolute atomic E-state index is 9.34. The van der Waals surface area contributed by atoms with Crippen LogP contribution in [0.4, 0.5) is 0 Å². The minimum absolute atomic E-state index is 0.593. The first-order valence-electron chi connectivity index (χ1n) is 8.24. The minimum atomic E-state index is 0.593. The van der Waals surface area contributed by atoms with Gasteiger partial charge in [-0.25, -0.2) is 4.98 Å². The number of likely N-dealkylation sites (tertiary alicyclic amines) is 1. The summed E-state index contributed by atoms with van der Waals surface area (Å²) in [5.41, 5.74) is 2.51. The minimum Gasteiger partial charge on any atom is -0.492 e. The van der Waals surface area contributed by atoms with E-state index in [2.05, 4.69) is 16.0 Å². The number of rotatable bonds is 6. The molecule has 3 rings (SSSR count). The second-order valence-corrected chi connectivity index (χ2v) is 6.79. The molecule has 2 heterocycles. The van der Waals surface area contributed by atoms with Gasteiger partial charge in [-0.3, -0.25) is 4.90 Å². The Morgan fingerprint density at radius 1 is 1.33 bits per heavy atom. The van der Waals surface area contributed by atoms with Gasteiger partial charge < -0.3 is 4.74 Å². The molecule has 0 saturated carbocycles. The van der Waals surface area contributed by atoms with E-state index in [-0.39, 0.29) is 0 Å². The summed E-state index contributed by atoms with van der Waals surface area (Å²) in [5, 5.41) is 12.1. The van der Waals surface area contributed by atoms with Gasteiger partial charge in [-0.1, -0.05) is 12.1 Å². The van der Waals surface area contributed by atoms with Gasteiger partial charge in [0, 0.05) is 17.6 Å². The summed E-state index contributed by atoms with van der Waals surface area (Å²) in [7, 11) is 0. The second kappa shape index (κ2) is 8.09. The Hall–Kier alpha value is -2.16. The quantitative estimate of drug-likeness (QED) is 0.747. The van der Waals surface area contributed by atoms with E-state index in [0.29, 0.717) is 5.57 Å². The van der Waals surface area contributed by atoms with Crippen LogP contribution in [-0.4, -0.2) is 36.1 Å². The van der Waals surface area contributed by atoms with Crippen LogP contribution in [0.3, 0.4) is 0 Å². The van der Waals surface area contributed by atoms with E-state index < -0.39 is 0 Å². The zero-order chi connectivity index (χ0) is 16.8. The van der Waals surface area contributed by atoms with Crippen molar-refractivity contribution < 1.29 is 4.74 Å². The number of hydrogen-bond acceptors (Lipinski definition) is 5. The van der Waals surface area contributed by atoms with Crippen LogP contribution in [0.2, 0.25) is 0 Å². The summed E-state index contributed by atoms with van der Waals surface area (Å²) in [6.07, 6.45) is 4.48. The summed E-state index contributed by atoms with van der Waals surface area (Å²) in [6.45, 7) is 6.03. The lowest BCUT2D eigenvalue weighted by Crippen LogP contribution is -2.25. The molecule has 5 heteroatoms. The van der Waals surface area contributed by atoms with Gasteiger partial charge in [0.05, 0.1) is 5.57 Å². The summed E-state index contributed by atoms with van der Waals surface area (Å²) in [5.74, 6) is 0.870. The predicted molar refractivity (Wildman–Crippen MR) is 97.9 cm³/mol. The molecule has 0 N–H and O–H groups in total. The van der Waals surface area contributed by atoms with Gasteiger partial charge in [-0.15, -0.1) is 11.3 Å². The molecular formula is C19H21N3OS. The lowest BCUT2D eigenvalue weighted by molar-refractivity contribution is 0.238. The third kappa shape index (κ3) is 4.44. The lowest BCUT2D eigenvalue weighted by Gasteiger charge is -2.14. The highest BCUT2D eigenvalue weighted by Gasteiger charge is 2.10.